The number of aliphatic hydroxyl groups is 2. The molecule has 3 unspecified atom stereocenters. The predicted octanol–water partition coefficient (Wildman–Crippen LogP) is 4.40. The van der Waals surface area contributed by atoms with E-state index in [1.165, 1.54) is 0 Å². The fourth-order valence-electron chi connectivity index (χ4n) is 6.92. The van der Waals surface area contributed by atoms with E-state index < -0.39 is 50.9 Å². The van der Waals surface area contributed by atoms with Crippen molar-refractivity contribution in [2.24, 2.45) is 17.4 Å². The molecule has 68 heavy (non-hydrogen) atoms. The van der Waals surface area contributed by atoms with E-state index in [2.05, 4.69) is 13.8 Å². The number of carbonyl (C=O) groups is 1. The van der Waals surface area contributed by atoms with Gasteiger partial charge in [0.05, 0.1) is 63.6 Å². The van der Waals surface area contributed by atoms with Crippen molar-refractivity contribution in [3.05, 3.63) is 101 Å². The van der Waals surface area contributed by atoms with Crippen molar-refractivity contribution in [1.29, 1.82) is 10.8 Å². The van der Waals surface area contributed by atoms with Gasteiger partial charge in [0.25, 0.3) is 20.2 Å². The Morgan fingerprint density at radius 1 is 0.735 bits per heavy atom. The van der Waals surface area contributed by atoms with Crippen LogP contribution in [0, 0.1) is 16.7 Å². The molecular weight excluding hydrogens is 929 g/mol. The number of benzene rings is 4. The van der Waals surface area contributed by atoms with Crippen molar-refractivity contribution in [2.45, 2.75) is 57.7 Å². The minimum atomic E-state index is -3.92. The molecule has 0 aromatic heterocycles. The van der Waals surface area contributed by atoms with E-state index in [9.17, 15) is 21.6 Å². The third-order valence-electron chi connectivity index (χ3n) is 10.4. The third kappa shape index (κ3) is 16.0. The highest BCUT2D eigenvalue weighted by molar-refractivity contribution is 7.86. The number of Topliss-reactive ketones (excluding diaryl/α,β-unsaturated/α-hetero) is 1. The predicted molar refractivity (Wildman–Crippen MR) is 253 cm³/mol. The van der Waals surface area contributed by atoms with Crippen LogP contribution in [0.15, 0.2) is 72.8 Å². The second-order valence-electron chi connectivity index (χ2n) is 15.7. The highest BCUT2D eigenvalue weighted by atomic mass is 32.2. The van der Waals surface area contributed by atoms with Crippen LogP contribution in [-0.4, -0.2) is 125 Å². The quantitative estimate of drug-likeness (QED) is 0.0314. The number of nitrogen functional groups attached to an aromatic ring is 2. The first kappa shape index (κ1) is 54.4. The summed E-state index contributed by atoms with van der Waals surface area (Å²) < 4.78 is 94.6. The number of aliphatic hydroxyl groups excluding tert-OH is 2. The summed E-state index contributed by atoms with van der Waals surface area (Å²) in [5, 5.41) is 30.4. The summed E-state index contributed by atoms with van der Waals surface area (Å²) in [4.78, 5) is 13.5. The summed E-state index contributed by atoms with van der Waals surface area (Å²) in [5.74, 6) is 3.77. The normalized spacial score (nSPS) is 16.3. The Bertz CT molecular complexity index is 2460. The molecular formula is C46H60N4O16S2. The van der Waals surface area contributed by atoms with Crippen molar-refractivity contribution in [1.82, 2.24) is 0 Å². The summed E-state index contributed by atoms with van der Waals surface area (Å²) in [6.45, 7) is 4.81. The molecule has 0 spiro atoms. The molecule has 372 valence electrons. The second-order valence-corrected chi connectivity index (χ2v) is 18.9. The van der Waals surface area contributed by atoms with Crippen LogP contribution in [0.1, 0.15) is 71.6 Å². The molecule has 3 aliphatic heterocycles. The Labute approximate surface area is 395 Å². The number of nitrogens with two attached hydrogens (primary N) is 2. The summed E-state index contributed by atoms with van der Waals surface area (Å²) >= 11 is 0. The topological polar surface area (TPSA) is 331 Å². The van der Waals surface area contributed by atoms with Crippen molar-refractivity contribution >= 4 is 37.7 Å². The van der Waals surface area contributed by atoms with Gasteiger partial charge in [-0.2, -0.15) is 16.8 Å². The van der Waals surface area contributed by atoms with Crippen LogP contribution in [0.25, 0.3) is 0 Å². The van der Waals surface area contributed by atoms with Crippen LogP contribution in [0.3, 0.4) is 0 Å². The molecule has 4 aromatic carbocycles. The Balaban J connectivity index is 0.000000234. The van der Waals surface area contributed by atoms with Gasteiger partial charge in [0.15, 0.2) is 17.3 Å². The molecule has 0 saturated heterocycles. The molecule has 10 N–H and O–H groups in total. The number of nitrogens with one attached hydrogen (secondary N) is 2. The van der Waals surface area contributed by atoms with Crippen LogP contribution < -0.4 is 44.6 Å². The zero-order valence-electron chi connectivity index (χ0n) is 38.2. The van der Waals surface area contributed by atoms with Gasteiger partial charge in [0, 0.05) is 34.7 Å². The highest BCUT2D eigenvalue weighted by Gasteiger charge is 2.45. The number of fused-ring (bicyclic) bond motifs is 6. The summed E-state index contributed by atoms with van der Waals surface area (Å²) in [5.41, 5.74) is 14.6. The lowest BCUT2D eigenvalue weighted by atomic mass is 9.81. The van der Waals surface area contributed by atoms with Crippen molar-refractivity contribution in [2.75, 3.05) is 58.8 Å². The molecule has 0 fully saturated rings. The van der Waals surface area contributed by atoms with E-state index in [1.807, 2.05) is 42.5 Å². The van der Waals surface area contributed by atoms with Crippen molar-refractivity contribution in [3.8, 4) is 40.2 Å². The molecule has 0 bridgehead atoms. The second kappa shape index (κ2) is 25.3. The van der Waals surface area contributed by atoms with Gasteiger partial charge in [-0.05, 0) is 91.9 Å². The lowest BCUT2D eigenvalue weighted by Gasteiger charge is -2.37. The number of hydrogen-bond acceptors (Lipinski definition) is 16. The molecule has 4 aromatic rings. The average Bonchev–Trinajstić information content (AvgIpc) is 3.74. The molecule has 0 amide bonds. The molecule has 3 aliphatic rings. The number of carbonyl (C=O) groups excluding carboxylic acids is 1. The van der Waals surface area contributed by atoms with Gasteiger partial charge in [-0.1, -0.05) is 13.8 Å². The Kier molecular flexibility index (Phi) is 20.2. The number of amidine groups is 2. The number of hydrogen-bond donors (Lipinski definition) is 8. The zero-order valence-corrected chi connectivity index (χ0v) is 39.8. The Morgan fingerprint density at radius 3 is 1.66 bits per heavy atom. The largest absolute Gasteiger partial charge is 0.494 e. The third-order valence-corrected chi connectivity index (χ3v) is 11.8. The van der Waals surface area contributed by atoms with E-state index in [4.69, 9.17) is 74.8 Å². The highest BCUT2D eigenvalue weighted by Crippen LogP contribution is 2.50. The van der Waals surface area contributed by atoms with Crippen LogP contribution in [0.5, 0.6) is 40.2 Å². The van der Waals surface area contributed by atoms with E-state index in [1.54, 1.807) is 44.6 Å². The van der Waals surface area contributed by atoms with Gasteiger partial charge in [0.1, 0.15) is 59.2 Å². The minimum Gasteiger partial charge on any atom is -0.494 e. The van der Waals surface area contributed by atoms with Crippen LogP contribution in [0.4, 0.5) is 0 Å². The maximum Gasteiger partial charge on any atom is 0.267 e. The van der Waals surface area contributed by atoms with E-state index in [0.717, 1.165) is 54.1 Å². The molecule has 20 nitrogen and oxygen atoms in total. The lowest BCUT2D eigenvalue weighted by molar-refractivity contribution is 0.0554. The van der Waals surface area contributed by atoms with Gasteiger partial charge < -0.3 is 54.8 Å². The summed E-state index contributed by atoms with van der Waals surface area (Å²) in [7, 11) is -4.69. The average molecular weight is 989 g/mol. The van der Waals surface area contributed by atoms with Gasteiger partial charge in [-0.25, -0.2) is 0 Å². The lowest BCUT2D eigenvalue weighted by Crippen LogP contribution is -2.43. The van der Waals surface area contributed by atoms with Crippen LogP contribution in [0.2, 0.25) is 0 Å². The number of ether oxygens (including phenoxy) is 7. The maximum absolute atomic E-state index is 13.5. The fourth-order valence-corrected chi connectivity index (χ4v) is 7.38. The Hall–Kier alpha value is -6.17. The van der Waals surface area contributed by atoms with Gasteiger partial charge in [0.2, 0.25) is 0 Å². The molecule has 3 heterocycles. The molecule has 0 radical (unpaired) electrons. The van der Waals surface area contributed by atoms with E-state index in [-0.39, 0.29) is 29.7 Å². The summed E-state index contributed by atoms with van der Waals surface area (Å²) in [6.07, 6.45) is 3.38. The standard InChI is InChI=1S/C23H24O6.C19H24N4O2.2C2H6O4S/c1-11(2)16-8-14-15(28-16)6-5-12-22(24)21-13-7-18(25-3)19(26-4)9-17(13)27-10-20(21)29-23(12)14;20-18(21)14-4-8-16(9-5-14)24-12-2-1-3-13-25-17-10-6-15(7-11-17)19(22)23;2*3-1-2-7(4,5)6/h5-7,9,11,16,20-21H,8,10H2,1-4H3;4-11H,1-3,12-13H2,(H3,20,21)(H3,22,23);2*3H,1-2H2,(H,4,5,6). The molecule has 0 saturated carbocycles. The van der Waals surface area contributed by atoms with E-state index >= 15 is 0 Å². The minimum absolute atomic E-state index is 0.0452. The van der Waals surface area contributed by atoms with Gasteiger partial charge in [-0.15, -0.1) is 0 Å². The smallest absolute Gasteiger partial charge is 0.267 e. The first-order valence-electron chi connectivity index (χ1n) is 21.4. The number of unbranched alkanes of at least 4 members (excludes halogenated alkanes) is 2. The fraction of sp³-hybridized carbons (Fsp3) is 0.413. The maximum atomic E-state index is 13.5. The van der Waals surface area contributed by atoms with Crippen molar-refractivity contribution in [3.63, 3.8) is 0 Å². The zero-order chi connectivity index (χ0) is 50.2. The first-order valence-corrected chi connectivity index (χ1v) is 24.6. The number of ketones is 1. The number of methoxy groups -OCH3 is 2. The first-order chi connectivity index (χ1) is 32.2. The molecule has 7 rings (SSSR count). The monoisotopic (exact) mass is 988 g/mol. The SMILES string of the molecule is COc1cc2c(cc1OC)C1C(=O)c3ccc4c(c3OC1CO2)CC(C(C)C)O4.N=C(N)c1ccc(OCCCCCOc2ccc(C(=N)N)cc2)cc1.O=S(=O)(O)CCO.O=S(=O)(O)CCO. The Morgan fingerprint density at radius 2 is 1.24 bits per heavy atom. The molecule has 22 heteroatoms. The molecule has 0 aliphatic carbocycles. The van der Waals surface area contributed by atoms with E-state index in [0.29, 0.717) is 65.4 Å². The van der Waals surface area contributed by atoms with Gasteiger partial charge >= 0.3 is 0 Å². The van der Waals surface area contributed by atoms with Crippen molar-refractivity contribution < 1.29 is 74.1 Å². The number of rotatable bonds is 17. The summed E-state index contributed by atoms with van der Waals surface area (Å²) in [6, 6.07) is 21.7. The van der Waals surface area contributed by atoms with Gasteiger partial charge in [-0.3, -0.25) is 24.7 Å². The van der Waals surface area contributed by atoms with Crippen LogP contribution in [-0.2, 0) is 26.7 Å². The molecule has 3 atom stereocenters. The van der Waals surface area contributed by atoms with Crippen LogP contribution >= 0.6 is 0 Å².